The predicted molar refractivity (Wildman–Crippen MR) is 174 cm³/mol. The van der Waals surface area contributed by atoms with Gasteiger partial charge in [-0.2, -0.15) is 13.2 Å². The quantitative estimate of drug-likeness (QED) is 0.231. The first-order chi connectivity index (χ1) is 21.7. The highest BCUT2D eigenvalue weighted by Crippen LogP contribution is 2.52. The van der Waals surface area contributed by atoms with Crippen LogP contribution in [-0.2, 0) is 11.3 Å². The molecule has 0 radical (unpaired) electrons. The molecule has 2 aromatic heterocycles. The molecule has 0 spiro atoms. The second-order valence-corrected chi connectivity index (χ2v) is 14.3. The Bertz CT molecular complexity index is 1420. The molecule has 2 heterocycles. The van der Waals surface area contributed by atoms with Gasteiger partial charge in [0.15, 0.2) is 0 Å². The Labute approximate surface area is 274 Å². The number of alkyl halides is 3. The number of aromatic carboxylic acids is 1. The smallest absolute Gasteiger partial charge is 0.405 e. The Hall–Kier alpha value is -3.10. The van der Waals surface area contributed by atoms with Gasteiger partial charge in [0.25, 0.3) is 0 Å². The average molecular weight is 662 g/mol. The van der Waals surface area contributed by atoms with Crippen LogP contribution >= 0.6 is 11.3 Å². The van der Waals surface area contributed by atoms with E-state index in [-0.39, 0.29) is 52.3 Å². The molecule has 11 heteroatoms. The number of hydrogen-bond donors (Lipinski definition) is 1. The number of anilines is 1. The van der Waals surface area contributed by atoms with E-state index >= 15 is 0 Å². The van der Waals surface area contributed by atoms with Crippen molar-refractivity contribution in [3.63, 3.8) is 0 Å². The van der Waals surface area contributed by atoms with Gasteiger partial charge in [-0.1, -0.05) is 25.7 Å². The van der Waals surface area contributed by atoms with Crippen molar-refractivity contribution in [3.8, 4) is 17.7 Å². The third-order valence-electron chi connectivity index (χ3n) is 9.31. The van der Waals surface area contributed by atoms with Gasteiger partial charge in [-0.25, -0.2) is 9.78 Å². The second kappa shape index (κ2) is 15.2. The monoisotopic (exact) mass is 661 g/mol. The second-order valence-electron chi connectivity index (χ2n) is 13.3. The highest BCUT2D eigenvalue weighted by atomic mass is 32.1. The number of ether oxygens (including phenoxy) is 1. The van der Waals surface area contributed by atoms with Gasteiger partial charge in [0.05, 0.1) is 16.7 Å². The zero-order valence-electron chi connectivity index (χ0n) is 27.5. The molecule has 0 saturated heterocycles. The fourth-order valence-corrected chi connectivity index (χ4v) is 7.19. The lowest BCUT2D eigenvalue weighted by Crippen LogP contribution is -2.45. The summed E-state index contributed by atoms with van der Waals surface area (Å²) in [4.78, 5) is 34.9. The summed E-state index contributed by atoms with van der Waals surface area (Å²) in [7, 11) is 3.98. The molecular formula is C35H46F3N3O4S. The summed E-state index contributed by atoms with van der Waals surface area (Å²) < 4.78 is 47.5. The molecule has 2 aliphatic rings. The molecule has 7 nitrogen and oxygen atoms in total. The number of carboxylic acid groups (broad SMARTS) is 1. The molecule has 2 saturated carbocycles. The van der Waals surface area contributed by atoms with Crippen LogP contribution in [0.1, 0.15) is 105 Å². The van der Waals surface area contributed by atoms with Crippen molar-refractivity contribution in [1.82, 2.24) is 9.88 Å². The lowest BCUT2D eigenvalue weighted by molar-refractivity contribution is -0.225. The van der Waals surface area contributed by atoms with Crippen molar-refractivity contribution in [2.45, 2.75) is 110 Å². The standard InChI is InChI=1S/C35H46F3N3O4S/c1-6-27(13-10-24(3)45-30-20-25(15-19-39-30)22-40(4)5)41(32(42)26-11-8-23(2)9-12-26)29-21-28(46-31(29)33(43)44)14-18-34(16-7-17-34)35(36,37)38/h15,19-21,23-24,26-27H,6-13,16-17,22H2,1-5H3,(H,43,44)/t23?,24-,26?,27-/m1/s1. The van der Waals surface area contributed by atoms with Gasteiger partial charge in [0.2, 0.25) is 11.8 Å². The first-order valence-corrected chi connectivity index (χ1v) is 17.1. The summed E-state index contributed by atoms with van der Waals surface area (Å²) in [5.74, 6) is 4.53. The molecule has 1 amide bonds. The molecule has 2 fully saturated rings. The number of thiophene rings is 1. The Morgan fingerprint density at radius 2 is 1.87 bits per heavy atom. The van der Waals surface area contributed by atoms with Crippen molar-refractivity contribution in [1.29, 1.82) is 0 Å². The van der Waals surface area contributed by atoms with E-state index in [4.69, 9.17) is 4.74 Å². The van der Waals surface area contributed by atoms with Crippen molar-refractivity contribution in [3.05, 3.63) is 39.7 Å². The highest BCUT2D eigenvalue weighted by Gasteiger charge is 2.57. The number of halogens is 3. The van der Waals surface area contributed by atoms with Crippen molar-refractivity contribution in [2.24, 2.45) is 17.3 Å². The number of nitrogens with zero attached hydrogens (tertiary/aromatic N) is 3. The molecular weight excluding hydrogens is 615 g/mol. The summed E-state index contributed by atoms with van der Waals surface area (Å²) >= 11 is 0.835. The van der Waals surface area contributed by atoms with Crippen LogP contribution in [0.5, 0.6) is 5.88 Å². The fourth-order valence-electron chi connectivity index (χ4n) is 6.35. The summed E-state index contributed by atoms with van der Waals surface area (Å²) in [6, 6.07) is 5.02. The third kappa shape index (κ3) is 8.62. The predicted octanol–water partition coefficient (Wildman–Crippen LogP) is 8.17. The zero-order chi connectivity index (χ0) is 33.6. The molecule has 2 aliphatic carbocycles. The summed E-state index contributed by atoms with van der Waals surface area (Å²) in [5, 5.41) is 10.2. The number of carbonyl (C=O) groups excluding carboxylic acids is 1. The Morgan fingerprint density at radius 1 is 1.17 bits per heavy atom. The van der Waals surface area contributed by atoms with Crippen molar-refractivity contribution < 1.29 is 32.6 Å². The van der Waals surface area contributed by atoms with E-state index in [2.05, 4.69) is 28.6 Å². The molecule has 1 N–H and O–H groups in total. The Morgan fingerprint density at radius 3 is 2.43 bits per heavy atom. The minimum absolute atomic E-state index is 0.0636. The van der Waals surface area contributed by atoms with E-state index in [1.54, 1.807) is 11.1 Å². The third-order valence-corrected chi connectivity index (χ3v) is 10.3. The number of pyridine rings is 1. The Balaban J connectivity index is 1.62. The molecule has 2 atom stereocenters. The van der Waals surface area contributed by atoms with Crippen LogP contribution in [0.3, 0.4) is 0 Å². The van der Waals surface area contributed by atoms with Crippen molar-refractivity contribution >= 4 is 28.9 Å². The van der Waals surface area contributed by atoms with E-state index in [1.807, 2.05) is 40.1 Å². The van der Waals surface area contributed by atoms with E-state index < -0.39 is 17.6 Å². The van der Waals surface area contributed by atoms with Gasteiger partial charge in [-0.3, -0.25) is 4.79 Å². The summed E-state index contributed by atoms with van der Waals surface area (Å²) in [5.41, 5.74) is -0.764. The first kappa shape index (κ1) is 35.7. The number of hydrogen-bond acceptors (Lipinski definition) is 6. The van der Waals surface area contributed by atoms with E-state index in [9.17, 15) is 27.9 Å². The minimum atomic E-state index is -4.46. The molecule has 2 aromatic rings. The highest BCUT2D eigenvalue weighted by molar-refractivity contribution is 7.15. The lowest BCUT2D eigenvalue weighted by atomic mass is 9.69. The fraction of sp³-hybridized carbons (Fsp3) is 0.629. The van der Waals surface area contributed by atoms with Crippen LogP contribution in [0.25, 0.3) is 0 Å². The van der Waals surface area contributed by atoms with E-state index in [0.717, 1.165) is 36.3 Å². The average Bonchev–Trinajstić information content (AvgIpc) is 3.38. The lowest BCUT2D eigenvalue weighted by Gasteiger charge is -2.38. The maximum atomic E-state index is 14.3. The van der Waals surface area contributed by atoms with Crippen LogP contribution < -0.4 is 9.64 Å². The maximum absolute atomic E-state index is 14.3. The summed E-state index contributed by atoms with van der Waals surface area (Å²) in [6.07, 6.45) is 2.29. The number of carboxylic acids is 1. The molecule has 0 bridgehead atoms. The van der Waals surface area contributed by atoms with Crippen molar-refractivity contribution in [2.75, 3.05) is 19.0 Å². The molecule has 0 aromatic carbocycles. The van der Waals surface area contributed by atoms with Crippen LogP contribution in [-0.4, -0.2) is 59.3 Å². The van der Waals surface area contributed by atoms with Crippen LogP contribution in [0.2, 0.25) is 0 Å². The normalized spacial score (nSPS) is 20.6. The Kier molecular flexibility index (Phi) is 11.8. The number of rotatable bonds is 12. The molecule has 46 heavy (non-hydrogen) atoms. The van der Waals surface area contributed by atoms with Crippen LogP contribution in [0.15, 0.2) is 24.4 Å². The van der Waals surface area contributed by atoms with Gasteiger partial charge in [0.1, 0.15) is 10.3 Å². The SMILES string of the molecule is CC[C@H](CC[C@@H](C)Oc1cc(CN(C)C)ccn1)N(C(=O)C1CCC(C)CC1)c1cc(C#CC2(C(F)(F)F)CCC2)sc1C(=O)O. The topological polar surface area (TPSA) is 83.0 Å². The van der Waals surface area contributed by atoms with Gasteiger partial charge in [0, 0.05) is 30.8 Å². The number of amides is 1. The molecule has 0 unspecified atom stereocenters. The van der Waals surface area contributed by atoms with E-state index in [1.165, 1.54) is 6.07 Å². The summed E-state index contributed by atoms with van der Waals surface area (Å²) in [6.45, 7) is 6.82. The molecule has 0 aliphatic heterocycles. The number of carbonyl (C=O) groups is 2. The van der Waals surface area contributed by atoms with Gasteiger partial charge >= 0.3 is 12.1 Å². The van der Waals surface area contributed by atoms with Gasteiger partial charge in [-0.05, 0) is 109 Å². The first-order valence-electron chi connectivity index (χ1n) is 16.3. The number of aromatic nitrogens is 1. The molecule has 252 valence electrons. The largest absolute Gasteiger partial charge is 0.477 e. The van der Waals surface area contributed by atoms with Gasteiger partial charge < -0.3 is 19.6 Å². The van der Waals surface area contributed by atoms with Crippen LogP contribution in [0.4, 0.5) is 18.9 Å². The van der Waals surface area contributed by atoms with E-state index in [0.29, 0.717) is 50.3 Å². The molecule has 4 rings (SSSR count). The van der Waals surface area contributed by atoms with Crippen LogP contribution in [0, 0.1) is 29.1 Å². The zero-order valence-corrected chi connectivity index (χ0v) is 28.3. The van der Waals surface area contributed by atoms with Gasteiger partial charge in [-0.15, -0.1) is 11.3 Å². The maximum Gasteiger partial charge on any atom is 0.405 e. The minimum Gasteiger partial charge on any atom is -0.477 e.